The molecule has 0 spiro atoms. The summed E-state index contributed by atoms with van der Waals surface area (Å²) in [6, 6.07) is 7.05. The summed E-state index contributed by atoms with van der Waals surface area (Å²) in [4.78, 5) is 13.7. The fourth-order valence-corrected chi connectivity index (χ4v) is 4.38. The van der Waals surface area contributed by atoms with E-state index in [-0.39, 0.29) is 4.87 Å². The minimum Gasteiger partial charge on any atom is -0.493 e. The van der Waals surface area contributed by atoms with Gasteiger partial charge in [0, 0.05) is 18.4 Å². The Balaban J connectivity index is 1.42. The third-order valence-electron chi connectivity index (χ3n) is 5.08. The third-order valence-corrected chi connectivity index (χ3v) is 5.99. The number of H-pyrrole nitrogens is 1. The van der Waals surface area contributed by atoms with Crippen LogP contribution in [-0.2, 0) is 6.42 Å². The van der Waals surface area contributed by atoms with Crippen LogP contribution in [0.5, 0.6) is 5.75 Å². The van der Waals surface area contributed by atoms with Crippen LogP contribution in [0.3, 0.4) is 0 Å². The lowest BCUT2D eigenvalue weighted by Gasteiger charge is -2.35. The Labute approximate surface area is 139 Å². The Hall–Kier alpha value is -1.66. The standard InChI is InChI=1S/C17H21N3O2S/c1-11(14-3-2-12-6-9-22-15(12)10-14)20-7-4-13(5-8-20)16-18-19-17(21)23-16/h2-3,10-11,13H,4-9H2,1H3,(H,19,21). The molecule has 5 nitrogen and oxygen atoms in total. The molecule has 23 heavy (non-hydrogen) atoms. The van der Waals surface area contributed by atoms with E-state index in [0.717, 1.165) is 49.7 Å². The fraction of sp³-hybridized carbons (Fsp3) is 0.529. The average Bonchev–Trinajstić information content (AvgIpc) is 3.22. The highest BCUT2D eigenvalue weighted by Gasteiger charge is 2.27. The van der Waals surface area contributed by atoms with Gasteiger partial charge in [-0.1, -0.05) is 23.5 Å². The number of fused-ring (bicyclic) bond motifs is 1. The molecule has 0 bridgehead atoms. The molecule has 4 rings (SSSR count). The molecule has 2 aliphatic heterocycles. The SMILES string of the molecule is CC(c1ccc2c(c1)OCC2)N1CCC(c2n[nH]c(=O)s2)CC1. The molecule has 0 saturated carbocycles. The van der Waals surface area contributed by atoms with Crippen LogP contribution in [-0.4, -0.2) is 34.8 Å². The van der Waals surface area contributed by atoms with Crippen molar-refractivity contribution in [1.82, 2.24) is 15.1 Å². The number of hydrogen-bond donors (Lipinski definition) is 1. The van der Waals surface area contributed by atoms with Gasteiger partial charge in [0.1, 0.15) is 10.8 Å². The number of piperidine rings is 1. The first kappa shape index (κ1) is 14.9. The Morgan fingerprint density at radius 3 is 2.96 bits per heavy atom. The normalized spacial score (nSPS) is 20.2. The molecule has 0 amide bonds. The minimum absolute atomic E-state index is 0.0473. The van der Waals surface area contributed by atoms with E-state index in [4.69, 9.17) is 4.74 Å². The predicted octanol–water partition coefficient (Wildman–Crippen LogP) is 2.71. The van der Waals surface area contributed by atoms with Crippen LogP contribution in [0.15, 0.2) is 23.0 Å². The van der Waals surface area contributed by atoms with E-state index in [2.05, 4.69) is 40.2 Å². The number of benzene rings is 1. The second-order valence-corrected chi connectivity index (χ2v) is 7.40. The van der Waals surface area contributed by atoms with Crippen LogP contribution in [0.2, 0.25) is 0 Å². The molecule has 1 unspecified atom stereocenters. The molecular formula is C17H21N3O2S. The van der Waals surface area contributed by atoms with Crippen LogP contribution in [0.1, 0.15) is 47.9 Å². The molecule has 1 saturated heterocycles. The van der Waals surface area contributed by atoms with Crippen molar-refractivity contribution in [3.63, 3.8) is 0 Å². The molecule has 1 N–H and O–H groups in total. The van der Waals surface area contributed by atoms with E-state index >= 15 is 0 Å². The van der Waals surface area contributed by atoms with Crippen molar-refractivity contribution >= 4 is 11.3 Å². The number of aromatic amines is 1. The van der Waals surface area contributed by atoms with E-state index in [1.54, 1.807) is 0 Å². The summed E-state index contributed by atoms with van der Waals surface area (Å²) in [5.74, 6) is 1.48. The van der Waals surface area contributed by atoms with Gasteiger partial charge in [0.05, 0.1) is 6.61 Å². The van der Waals surface area contributed by atoms with Gasteiger partial charge in [0.15, 0.2) is 0 Å². The largest absolute Gasteiger partial charge is 0.493 e. The summed E-state index contributed by atoms with van der Waals surface area (Å²) in [6.45, 7) is 5.16. The third kappa shape index (κ3) is 2.93. The highest BCUT2D eigenvalue weighted by atomic mass is 32.1. The van der Waals surface area contributed by atoms with Crippen molar-refractivity contribution in [2.45, 2.75) is 38.1 Å². The van der Waals surface area contributed by atoms with Gasteiger partial charge in [-0.25, -0.2) is 5.10 Å². The maximum atomic E-state index is 11.3. The van der Waals surface area contributed by atoms with Crippen molar-refractivity contribution in [3.05, 3.63) is 44.0 Å². The molecule has 1 atom stereocenters. The van der Waals surface area contributed by atoms with E-state index in [1.807, 2.05) is 0 Å². The monoisotopic (exact) mass is 331 g/mol. The maximum absolute atomic E-state index is 11.3. The molecule has 122 valence electrons. The number of ether oxygens (including phenoxy) is 1. The van der Waals surface area contributed by atoms with E-state index in [9.17, 15) is 4.79 Å². The number of nitrogens with zero attached hydrogens (tertiary/aromatic N) is 2. The molecule has 6 heteroatoms. The first-order valence-corrected chi connectivity index (χ1v) is 9.07. The van der Waals surface area contributed by atoms with Crippen LogP contribution < -0.4 is 9.61 Å². The zero-order valence-corrected chi connectivity index (χ0v) is 14.1. The van der Waals surface area contributed by atoms with Gasteiger partial charge in [0.2, 0.25) is 0 Å². The molecule has 1 aromatic carbocycles. The Bertz CT molecular complexity index is 746. The summed E-state index contributed by atoms with van der Waals surface area (Å²) in [5, 5.41) is 7.65. The second-order valence-electron chi connectivity index (χ2n) is 6.40. The lowest BCUT2D eigenvalue weighted by atomic mass is 9.95. The highest BCUT2D eigenvalue weighted by Crippen LogP contribution is 2.34. The van der Waals surface area contributed by atoms with Crippen LogP contribution >= 0.6 is 11.3 Å². The number of nitrogens with one attached hydrogen (secondary N) is 1. The molecule has 0 radical (unpaired) electrons. The zero-order valence-electron chi connectivity index (χ0n) is 13.2. The quantitative estimate of drug-likeness (QED) is 0.939. The molecular weight excluding hydrogens is 310 g/mol. The van der Waals surface area contributed by atoms with Crippen molar-refractivity contribution in [2.75, 3.05) is 19.7 Å². The molecule has 2 aliphatic rings. The van der Waals surface area contributed by atoms with Gasteiger partial charge < -0.3 is 4.74 Å². The van der Waals surface area contributed by atoms with Crippen molar-refractivity contribution in [1.29, 1.82) is 0 Å². The fourth-order valence-electron chi connectivity index (χ4n) is 3.60. The molecule has 2 aromatic rings. The van der Waals surface area contributed by atoms with Gasteiger partial charge in [0.25, 0.3) is 0 Å². The highest BCUT2D eigenvalue weighted by molar-refractivity contribution is 7.08. The Morgan fingerprint density at radius 2 is 2.22 bits per heavy atom. The molecule has 1 aromatic heterocycles. The van der Waals surface area contributed by atoms with E-state index < -0.39 is 0 Å². The number of hydrogen-bond acceptors (Lipinski definition) is 5. The van der Waals surface area contributed by atoms with Gasteiger partial charge in [-0.15, -0.1) is 0 Å². The summed E-state index contributed by atoms with van der Waals surface area (Å²) < 4.78 is 5.70. The van der Waals surface area contributed by atoms with Gasteiger partial charge in [-0.05, 0) is 50.0 Å². The van der Waals surface area contributed by atoms with E-state index in [1.165, 1.54) is 22.5 Å². The van der Waals surface area contributed by atoms with Gasteiger partial charge in [-0.2, -0.15) is 5.10 Å². The van der Waals surface area contributed by atoms with Crippen molar-refractivity contribution < 1.29 is 4.74 Å². The maximum Gasteiger partial charge on any atom is 0.322 e. The molecule has 0 aliphatic carbocycles. The lowest BCUT2D eigenvalue weighted by molar-refractivity contribution is 0.162. The smallest absolute Gasteiger partial charge is 0.322 e. The number of likely N-dealkylation sites (tertiary alicyclic amines) is 1. The summed E-state index contributed by atoms with van der Waals surface area (Å²) in [5.41, 5.74) is 2.65. The van der Waals surface area contributed by atoms with Crippen molar-refractivity contribution in [3.8, 4) is 5.75 Å². The van der Waals surface area contributed by atoms with Gasteiger partial charge in [-0.3, -0.25) is 9.69 Å². The average molecular weight is 331 g/mol. The second kappa shape index (κ2) is 6.09. The van der Waals surface area contributed by atoms with Crippen LogP contribution in [0.4, 0.5) is 0 Å². The Morgan fingerprint density at radius 1 is 1.39 bits per heavy atom. The number of aromatic nitrogens is 2. The minimum atomic E-state index is -0.0473. The topological polar surface area (TPSA) is 58.2 Å². The first-order valence-electron chi connectivity index (χ1n) is 8.26. The molecule has 1 fully saturated rings. The first-order chi connectivity index (χ1) is 11.2. The number of rotatable bonds is 3. The zero-order chi connectivity index (χ0) is 15.8. The summed E-state index contributed by atoms with van der Waals surface area (Å²) in [6.07, 6.45) is 3.15. The Kier molecular flexibility index (Phi) is 3.95. The van der Waals surface area contributed by atoms with Crippen molar-refractivity contribution in [2.24, 2.45) is 0 Å². The molecule has 3 heterocycles. The van der Waals surface area contributed by atoms with Crippen LogP contribution in [0, 0.1) is 0 Å². The van der Waals surface area contributed by atoms with Crippen LogP contribution in [0.25, 0.3) is 0 Å². The lowest BCUT2D eigenvalue weighted by Crippen LogP contribution is -2.35. The summed E-state index contributed by atoms with van der Waals surface area (Å²) in [7, 11) is 0. The van der Waals surface area contributed by atoms with E-state index in [0.29, 0.717) is 12.0 Å². The predicted molar refractivity (Wildman–Crippen MR) is 90.3 cm³/mol. The van der Waals surface area contributed by atoms with Gasteiger partial charge >= 0.3 is 4.87 Å². The summed E-state index contributed by atoms with van der Waals surface area (Å²) >= 11 is 1.26.